The maximum absolute atomic E-state index is 12.0. The molecule has 0 saturated carbocycles. The number of ether oxygens (including phenoxy) is 1. The molecule has 0 aliphatic heterocycles. The number of benzene rings is 1. The Hall–Kier alpha value is -1.92. The number of carbonyl (C=O) groups excluding carboxylic acids is 1. The number of amides is 1. The lowest BCUT2D eigenvalue weighted by Gasteiger charge is -2.13. The van der Waals surface area contributed by atoms with Crippen molar-refractivity contribution < 1.29 is 22.7 Å². The largest absolute Gasteiger partial charge is 0.573 e. The Morgan fingerprint density at radius 1 is 1.44 bits per heavy atom. The lowest BCUT2D eigenvalue weighted by Crippen LogP contribution is -2.19. The lowest BCUT2D eigenvalue weighted by molar-refractivity contribution is -0.274. The third kappa shape index (κ3) is 3.68. The summed E-state index contributed by atoms with van der Waals surface area (Å²) in [6.45, 7) is 1.17. The summed E-state index contributed by atoms with van der Waals surface area (Å²) in [5.41, 5.74) is 5.48. The highest BCUT2D eigenvalue weighted by molar-refractivity contribution is 5.91. The third-order valence-corrected chi connectivity index (χ3v) is 1.54. The number of nitrogens with two attached hydrogens (primary N) is 1. The van der Waals surface area contributed by atoms with Gasteiger partial charge in [-0.2, -0.15) is 0 Å². The molecule has 0 atom stereocenters. The molecular formula is C9H9F3N2O2. The van der Waals surface area contributed by atoms with Crippen LogP contribution in [-0.4, -0.2) is 12.3 Å². The van der Waals surface area contributed by atoms with Gasteiger partial charge in [0.2, 0.25) is 5.91 Å². The molecule has 3 N–H and O–H groups in total. The van der Waals surface area contributed by atoms with Crippen LogP contribution in [0.15, 0.2) is 18.2 Å². The maximum atomic E-state index is 12.0. The van der Waals surface area contributed by atoms with Gasteiger partial charge in [0.25, 0.3) is 0 Å². The predicted molar refractivity (Wildman–Crippen MR) is 51.8 cm³/mol. The number of hydrogen-bond donors (Lipinski definition) is 2. The van der Waals surface area contributed by atoms with E-state index in [1.54, 1.807) is 0 Å². The number of carbonyl (C=O) groups is 1. The van der Waals surface area contributed by atoms with Crippen LogP contribution in [-0.2, 0) is 4.79 Å². The van der Waals surface area contributed by atoms with Gasteiger partial charge in [-0.1, -0.05) is 0 Å². The first-order valence-electron chi connectivity index (χ1n) is 4.21. The van der Waals surface area contributed by atoms with E-state index in [4.69, 9.17) is 5.73 Å². The SMILES string of the molecule is CC(=O)Nc1cc(N)ccc1OC(F)(F)F. The van der Waals surface area contributed by atoms with Crippen LogP contribution >= 0.6 is 0 Å². The molecule has 4 nitrogen and oxygen atoms in total. The highest BCUT2D eigenvalue weighted by Gasteiger charge is 2.32. The number of rotatable bonds is 2. The summed E-state index contributed by atoms with van der Waals surface area (Å²) >= 11 is 0. The van der Waals surface area contributed by atoms with Gasteiger partial charge in [0.1, 0.15) is 0 Å². The lowest BCUT2D eigenvalue weighted by atomic mass is 10.2. The van der Waals surface area contributed by atoms with Gasteiger partial charge < -0.3 is 15.8 Å². The van der Waals surface area contributed by atoms with Crippen molar-refractivity contribution in [2.24, 2.45) is 0 Å². The van der Waals surface area contributed by atoms with Gasteiger partial charge >= 0.3 is 6.36 Å². The Morgan fingerprint density at radius 2 is 2.06 bits per heavy atom. The van der Waals surface area contributed by atoms with Crippen LogP contribution in [0.5, 0.6) is 5.75 Å². The second kappa shape index (κ2) is 4.30. The monoisotopic (exact) mass is 234 g/mol. The molecule has 0 heterocycles. The Balaban J connectivity index is 3.02. The first kappa shape index (κ1) is 12.2. The molecule has 0 bridgehead atoms. The van der Waals surface area contributed by atoms with E-state index in [0.717, 1.165) is 6.07 Å². The molecule has 0 unspecified atom stereocenters. The molecule has 1 aromatic carbocycles. The molecule has 0 saturated heterocycles. The fraction of sp³-hybridized carbons (Fsp3) is 0.222. The quantitative estimate of drug-likeness (QED) is 0.770. The molecule has 0 fully saturated rings. The maximum Gasteiger partial charge on any atom is 0.573 e. The summed E-state index contributed by atoms with van der Waals surface area (Å²) in [6.07, 6.45) is -4.82. The fourth-order valence-corrected chi connectivity index (χ4v) is 1.05. The molecule has 88 valence electrons. The molecule has 0 radical (unpaired) electrons. The standard InChI is InChI=1S/C9H9F3N2O2/c1-5(15)14-7-4-6(13)2-3-8(7)16-9(10,11)12/h2-4H,13H2,1H3,(H,14,15). The topological polar surface area (TPSA) is 64.4 Å². The highest BCUT2D eigenvalue weighted by atomic mass is 19.4. The molecule has 0 aromatic heterocycles. The second-order valence-electron chi connectivity index (χ2n) is 2.98. The van der Waals surface area contributed by atoms with Gasteiger partial charge in [0, 0.05) is 12.6 Å². The zero-order valence-electron chi connectivity index (χ0n) is 8.26. The van der Waals surface area contributed by atoms with Crippen LogP contribution in [0, 0.1) is 0 Å². The van der Waals surface area contributed by atoms with Crippen molar-refractivity contribution in [1.29, 1.82) is 0 Å². The van der Waals surface area contributed by atoms with Gasteiger partial charge in [-0.05, 0) is 18.2 Å². The van der Waals surface area contributed by atoms with Gasteiger partial charge in [-0.25, -0.2) is 0 Å². The van der Waals surface area contributed by atoms with Crippen molar-refractivity contribution in [2.75, 3.05) is 11.1 Å². The van der Waals surface area contributed by atoms with Crippen molar-refractivity contribution in [1.82, 2.24) is 0 Å². The predicted octanol–water partition coefficient (Wildman–Crippen LogP) is 2.13. The van der Waals surface area contributed by atoms with E-state index in [-0.39, 0.29) is 11.4 Å². The van der Waals surface area contributed by atoms with E-state index in [9.17, 15) is 18.0 Å². The summed E-state index contributed by atoms with van der Waals surface area (Å²) in [5.74, 6) is -1.02. The first-order chi connectivity index (χ1) is 7.28. The smallest absolute Gasteiger partial charge is 0.404 e. The number of hydrogen-bond acceptors (Lipinski definition) is 3. The van der Waals surface area contributed by atoms with Crippen molar-refractivity contribution in [3.8, 4) is 5.75 Å². The molecule has 1 rings (SSSR count). The van der Waals surface area contributed by atoms with Crippen LogP contribution < -0.4 is 15.8 Å². The Bertz CT molecular complexity index is 404. The van der Waals surface area contributed by atoms with Crippen molar-refractivity contribution in [3.05, 3.63) is 18.2 Å². The molecule has 1 amide bonds. The first-order valence-corrected chi connectivity index (χ1v) is 4.21. The molecule has 0 aliphatic carbocycles. The Labute approximate surface area is 89.2 Å². The van der Waals surface area contributed by atoms with E-state index in [1.807, 2.05) is 0 Å². The molecule has 0 spiro atoms. The van der Waals surface area contributed by atoms with Crippen LogP contribution in [0.1, 0.15) is 6.92 Å². The van der Waals surface area contributed by atoms with E-state index in [0.29, 0.717) is 0 Å². The zero-order valence-corrected chi connectivity index (χ0v) is 8.26. The molecule has 16 heavy (non-hydrogen) atoms. The Kier molecular flexibility index (Phi) is 3.26. The zero-order chi connectivity index (χ0) is 12.3. The van der Waals surface area contributed by atoms with E-state index in [1.165, 1.54) is 19.1 Å². The average Bonchev–Trinajstić information content (AvgIpc) is 2.06. The van der Waals surface area contributed by atoms with Gasteiger partial charge in [-0.15, -0.1) is 13.2 Å². The van der Waals surface area contributed by atoms with Gasteiger partial charge in [0.15, 0.2) is 5.75 Å². The van der Waals surface area contributed by atoms with Gasteiger partial charge in [0.05, 0.1) is 5.69 Å². The Morgan fingerprint density at radius 3 is 2.56 bits per heavy atom. The number of halogens is 3. The molecule has 1 aromatic rings. The minimum Gasteiger partial charge on any atom is -0.404 e. The second-order valence-corrected chi connectivity index (χ2v) is 2.98. The summed E-state index contributed by atoms with van der Waals surface area (Å²) in [7, 11) is 0. The summed E-state index contributed by atoms with van der Waals surface area (Å²) in [6, 6.07) is 3.46. The van der Waals surface area contributed by atoms with Crippen LogP contribution in [0.4, 0.5) is 24.5 Å². The summed E-state index contributed by atoms with van der Waals surface area (Å²) < 4.78 is 39.7. The number of anilines is 2. The van der Waals surface area contributed by atoms with Crippen molar-refractivity contribution >= 4 is 17.3 Å². The third-order valence-electron chi connectivity index (χ3n) is 1.54. The number of alkyl halides is 3. The summed E-state index contributed by atoms with van der Waals surface area (Å²) in [5, 5.41) is 2.19. The minimum absolute atomic E-state index is 0.121. The normalized spacial score (nSPS) is 11.0. The molecule has 7 heteroatoms. The minimum atomic E-state index is -4.82. The molecular weight excluding hydrogens is 225 g/mol. The fourth-order valence-electron chi connectivity index (χ4n) is 1.05. The van der Waals surface area contributed by atoms with Crippen LogP contribution in [0.25, 0.3) is 0 Å². The van der Waals surface area contributed by atoms with Gasteiger partial charge in [-0.3, -0.25) is 4.79 Å². The summed E-state index contributed by atoms with van der Waals surface area (Å²) in [4.78, 5) is 10.8. The van der Waals surface area contributed by atoms with Crippen LogP contribution in [0.2, 0.25) is 0 Å². The number of nitrogen functional groups attached to an aromatic ring is 1. The van der Waals surface area contributed by atoms with Crippen LogP contribution in [0.3, 0.4) is 0 Å². The van der Waals surface area contributed by atoms with E-state index in [2.05, 4.69) is 10.1 Å². The van der Waals surface area contributed by atoms with Crippen molar-refractivity contribution in [2.45, 2.75) is 13.3 Å². The molecule has 0 aliphatic rings. The average molecular weight is 234 g/mol. The number of nitrogens with one attached hydrogen (secondary N) is 1. The van der Waals surface area contributed by atoms with E-state index >= 15 is 0 Å². The van der Waals surface area contributed by atoms with E-state index < -0.39 is 18.0 Å². The highest BCUT2D eigenvalue weighted by Crippen LogP contribution is 2.31. The van der Waals surface area contributed by atoms with Crippen molar-refractivity contribution in [3.63, 3.8) is 0 Å².